The first-order chi connectivity index (χ1) is 9.95. The predicted molar refractivity (Wildman–Crippen MR) is 75.8 cm³/mol. The fourth-order valence-electron chi connectivity index (χ4n) is 1.71. The SMILES string of the molecule is Cc1ccc(C(=O)N(C)CC(=O)Nc2cc(C)on2)cn1. The van der Waals surface area contributed by atoms with Crippen LogP contribution in [-0.4, -0.2) is 40.4 Å². The average Bonchev–Trinajstić information content (AvgIpc) is 2.83. The topological polar surface area (TPSA) is 88.3 Å². The minimum Gasteiger partial charge on any atom is -0.360 e. The van der Waals surface area contributed by atoms with Crippen LogP contribution >= 0.6 is 0 Å². The van der Waals surface area contributed by atoms with Crippen molar-refractivity contribution < 1.29 is 14.1 Å². The molecule has 1 N–H and O–H groups in total. The Morgan fingerprint density at radius 1 is 1.33 bits per heavy atom. The number of pyridine rings is 1. The third kappa shape index (κ3) is 3.88. The Kier molecular flexibility index (Phi) is 4.32. The van der Waals surface area contributed by atoms with E-state index in [0.29, 0.717) is 17.1 Å². The van der Waals surface area contributed by atoms with Gasteiger partial charge in [0.05, 0.1) is 12.1 Å². The zero-order valence-corrected chi connectivity index (χ0v) is 12.1. The lowest BCUT2D eigenvalue weighted by molar-refractivity contribution is -0.116. The van der Waals surface area contributed by atoms with Gasteiger partial charge in [0.15, 0.2) is 5.82 Å². The van der Waals surface area contributed by atoms with E-state index in [1.165, 1.54) is 11.1 Å². The van der Waals surface area contributed by atoms with Crippen molar-refractivity contribution in [1.29, 1.82) is 0 Å². The summed E-state index contributed by atoms with van der Waals surface area (Å²) in [4.78, 5) is 29.3. The molecule has 2 aromatic rings. The zero-order chi connectivity index (χ0) is 15.4. The lowest BCUT2D eigenvalue weighted by Crippen LogP contribution is -2.35. The molecule has 0 fully saturated rings. The predicted octanol–water partition coefficient (Wildman–Crippen LogP) is 1.40. The molecule has 2 heterocycles. The van der Waals surface area contributed by atoms with E-state index >= 15 is 0 Å². The first-order valence-electron chi connectivity index (χ1n) is 6.37. The van der Waals surface area contributed by atoms with Gasteiger partial charge in [-0.25, -0.2) is 0 Å². The van der Waals surface area contributed by atoms with Crippen LogP contribution in [0.2, 0.25) is 0 Å². The van der Waals surface area contributed by atoms with Gasteiger partial charge in [0.1, 0.15) is 5.76 Å². The van der Waals surface area contributed by atoms with Crippen LogP contribution in [0.25, 0.3) is 0 Å². The highest BCUT2D eigenvalue weighted by Gasteiger charge is 2.16. The van der Waals surface area contributed by atoms with E-state index in [0.717, 1.165) is 5.69 Å². The molecule has 7 nitrogen and oxygen atoms in total. The Morgan fingerprint density at radius 2 is 2.10 bits per heavy atom. The summed E-state index contributed by atoms with van der Waals surface area (Å²) >= 11 is 0. The van der Waals surface area contributed by atoms with Gasteiger partial charge in [0.2, 0.25) is 5.91 Å². The van der Waals surface area contributed by atoms with Crippen molar-refractivity contribution in [2.75, 3.05) is 18.9 Å². The van der Waals surface area contributed by atoms with Gasteiger partial charge in [0, 0.05) is 25.0 Å². The van der Waals surface area contributed by atoms with Crippen LogP contribution in [0.1, 0.15) is 21.8 Å². The van der Waals surface area contributed by atoms with Crippen LogP contribution in [0, 0.1) is 13.8 Å². The van der Waals surface area contributed by atoms with E-state index < -0.39 is 0 Å². The molecule has 0 aliphatic carbocycles. The molecule has 21 heavy (non-hydrogen) atoms. The third-order valence-corrected chi connectivity index (χ3v) is 2.78. The number of aromatic nitrogens is 2. The molecular weight excluding hydrogens is 272 g/mol. The summed E-state index contributed by atoms with van der Waals surface area (Å²) < 4.78 is 4.84. The van der Waals surface area contributed by atoms with E-state index in [4.69, 9.17) is 4.52 Å². The van der Waals surface area contributed by atoms with Gasteiger partial charge < -0.3 is 14.7 Å². The highest BCUT2D eigenvalue weighted by Crippen LogP contribution is 2.07. The van der Waals surface area contributed by atoms with Gasteiger partial charge in [-0.15, -0.1) is 0 Å². The molecule has 2 amide bonds. The summed E-state index contributed by atoms with van der Waals surface area (Å²) in [6.45, 7) is 3.48. The van der Waals surface area contributed by atoms with Crippen molar-refractivity contribution in [3.63, 3.8) is 0 Å². The van der Waals surface area contributed by atoms with E-state index in [9.17, 15) is 9.59 Å². The van der Waals surface area contributed by atoms with Gasteiger partial charge in [-0.3, -0.25) is 14.6 Å². The number of anilines is 1. The van der Waals surface area contributed by atoms with Crippen LogP contribution < -0.4 is 5.32 Å². The van der Waals surface area contributed by atoms with E-state index in [2.05, 4.69) is 15.5 Å². The molecule has 2 aromatic heterocycles. The molecule has 0 bridgehead atoms. The number of aryl methyl sites for hydroxylation is 2. The summed E-state index contributed by atoms with van der Waals surface area (Å²) in [5.41, 5.74) is 1.27. The van der Waals surface area contributed by atoms with Crippen molar-refractivity contribution in [2.24, 2.45) is 0 Å². The first kappa shape index (κ1) is 14.7. The number of carbonyl (C=O) groups is 2. The Bertz CT molecular complexity index is 648. The first-order valence-corrected chi connectivity index (χ1v) is 6.37. The largest absolute Gasteiger partial charge is 0.360 e. The molecule has 0 aliphatic heterocycles. The normalized spacial score (nSPS) is 10.2. The monoisotopic (exact) mass is 288 g/mol. The molecule has 0 saturated carbocycles. The number of nitrogens with one attached hydrogen (secondary N) is 1. The number of likely N-dealkylation sites (N-methyl/N-ethyl adjacent to an activating group) is 1. The standard InChI is InChI=1S/C14H16N4O3/c1-9-4-5-11(7-15-9)14(20)18(3)8-13(19)16-12-6-10(2)21-17-12/h4-7H,8H2,1-3H3,(H,16,17,19). The summed E-state index contributed by atoms with van der Waals surface area (Å²) in [5, 5.41) is 6.21. The Labute approximate surface area is 121 Å². The van der Waals surface area contributed by atoms with Crippen molar-refractivity contribution in [3.8, 4) is 0 Å². The van der Waals surface area contributed by atoms with Crippen LogP contribution in [0.15, 0.2) is 28.9 Å². The third-order valence-electron chi connectivity index (χ3n) is 2.78. The molecular formula is C14H16N4O3. The van der Waals surface area contributed by atoms with Crippen LogP contribution in [0.4, 0.5) is 5.82 Å². The Morgan fingerprint density at radius 3 is 2.67 bits per heavy atom. The maximum atomic E-state index is 12.1. The summed E-state index contributed by atoms with van der Waals surface area (Å²) in [6, 6.07) is 5.03. The van der Waals surface area contributed by atoms with Gasteiger partial charge in [0.25, 0.3) is 5.91 Å². The second-order valence-corrected chi connectivity index (χ2v) is 4.72. The van der Waals surface area contributed by atoms with Crippen LogP contribution in [0.5, 0.6) is 0 Å². The molecule has 0 atom stereocenters. The maximum Gasteiger partial charge on any atom is 0.255 e. The number of amides is 2. The molecule has 0 saturated heterocycles. The number of nitrogens with zero attached hydrogens (tertiary/aromatic N) is 3. The molecule has 0 aromatic carbocycles. The average molecular weight is 288 g/mol. The van der Waals surface area contributed by atoms with E-state index in [1.807, 2.05) is 6.92 Å². The Hall–Kier alpha value is -2.70. The minimum absolute atomic E-state index is 0.0847. The lowest BCUT2D eigenvalue weighted by atomic mass is 10.2. The zero-order valence-electron chi connectivity index (χ0n) is 12.1. The fraction of sp³-hybridized carbons (Fsp3) is 0.286. The van der Waals surface area contributed by atoms with Gasteiger partial charge >= 0.3 is 0 Å². The highest BCUT2D eigenvalue weighted by molar-refractivity contribution is 5.98. The summed E-state index contributed by atoms with van der Waals surface area (Å²) in [6.07, 6.45) is 1.49. The molecule has 2 rings (SSSR count). The van der Waals surface area contributed by atoms with E-state index in [-0.39, 0.29) is 18.4 Å². The molecule has 0 aliphatic rings. The van der Waals surface area contributed by atoms with Gasteiger partial charge in [-0.1, -0.05) is 5.16 Å². The number of hydrogen-bond acceptors (Lipinski definition) is 5. The van der Waals surface area contributed by atoms with Crippen molar-refractivity contribution in [2.45, 2.75) is 13.8 Å². The molecule has 0 radical (unpaired) electrons. The number of rotatable bonds is 4. The molecule has 0 spiro atoms. The van der Waals surface area contributed by atoms with Gasteiger partial charge in [-0.2, -0.15) is 0 Å². The molecule has 110 valence electrons. The minimum atomic E-state index is -0.348. The highest BCUT2D eigenvalue weighted by atomic mass is 16.5. The smallest absolute Gasteiger partial charge is 0.255 e. The molecule has 0 unspecified atom stereocenters. The number of hydrogen-bond donors (Lipinski definition) is 1. The van der Waals surface area contributed by atoms with Crippen LogP contribution in [-0.2, 0) is 4.79 Å². The second kappa shape index (κ2) is 6.17. The van der Waals surface area contributed by atoms with Crippen LogP contribution in [0.3, 0.4) is 0 Å². The maximum absolute atomic E-state index is 12.1. The molecule has 7 heteroatoms. The van der Waals surface area contributed by atoms with Crippen molar-refractivity contribution >= 4 is 17.6 Å². The van der Waals surface area contributed by atoms with Gasteiger partial charge in [-0.05, 0) is 26.0 Å². The number of carbonyl (C=O) groups excluding carboxylic acids is 2. The van der Waals surface area contributed by atoms with Crippen molar-refractivity contribution in [3.05, 3.63) is 41.4 Å². The Balaban J connectivity index is 1.94. The summed E-state index contributed by atoms with van der Waals surface area (Å²) in [5.74, 6) is 0.309. The lowest BCUT2D eigenvalue weighted by Gasteiger charge is -2.16. The van der Waals surface area contributed by atoms with E-state index in [1.54, 1.807) is 32.2 Å². The van der Waals surface area contributed by atoms with Crippen molar-refractivity contribution in [1.82, 2.24) is 15.0 Å². The fourth-order valence-corrected chi connectivity index (χ4v) is 1.71. The summed E-state index contributed by atoms with van der Waals surface area (Å²) in [7, 11) is 1.55. The quantitative estimate of drug-likeness (QED) is 0.918. The second-order valence-electron chi connectivity index (χ2n) is 4.72.